The van der Waals surface area contributed by atoms with Gasteiger partial charge in [0.05, 0.1) is 0 Å². The molecule has 0 atom stereocenters. The Kier molecular flexibility index (Phi) is 4.02. The number of rotatable bonds is 5. The van der Waals surface area contributed by atoms with Gasteiger partial charge in [-0.2, -0.15) is 0 Å². The maximum atomic E-state index is 12.1. The fourth-order valence-corrected chi connectivity index (χ4v) is 1.88. The highest BCUT2D eigenvalue weighted by atomic mass is 16.2. The molecule has 1 fully saturated rings. The zero-order valence-corrected chi connectivity index (χ0v) is 10.4. The molecule has 2 rings (SSSR count). The summed E-state index contributed by atoms with van der Waals surface area (Å²) in [6.07, 6.45) is 3.56. The van der Waals surface area contributed by atoms with Crippen LogP contribution in [0.3, 0.4) is 0 Å². The molecule has 0 spiro atoms. The van der Waals surface area contributed by atoms with Crippen molar-refractivity contribution in [2.75, 3.05) is 18.4 Å². The predicted octanol–water partition coefficient (Wildman–Crippen LogP) is 3.34. The second-order valence-electron chi connectivity index (χ2n) is 4.69. The number of hydrogen-bond donors (Lipinski definition) is 1. The van der Waals surface area contributed by atoms with Gasteiger partial charge in [0.2, 0.25) is 0 Å². The fraction of sp³-hybridized carbons (Fsp3) is 0.500. The zero-order chi connectivity index (χ0) is 12.1. The number of carbonyl (C=O) groups is 1. The van der Waals surface area contributed by atoms with Crippen LogP contribution in [0, 0.1) is 5.92 Å². The summed E-state index contributed by atoms with van der Waals surface area (Å²) in [4.78, 5) is 14.0. The van der Waals surface area contributed by atoms with Crippen molar-refractivity contribution in [2.45, 2.75) is 26.2 Å². The molecule has 1 aromatic carbocycles. The number of hydrogen-bond acceptors (Lipinski definition) is 1. The first kappa shape index (κ1) is 12.0. The summed E-state index contributed by atoms with van der Waals surface area (Å²) in [5, 5.41) is 2.95. The van der Waals surface area contributed by atoms with Gasteiger partial charge in [0, 0.05) is 18.8 Å². The maximum absolute atomic E-state index is 12.1. The van der Waals surface area contributed by atoms with E-state index >= 15 is 0 Å². The molecular weight excluding hydrogens is 212 g/mol. The van der Waals surface area contributed by atoms with Gasteiger partial charge in [-0.15, -0.1) is 0 Å². The first-order valence-corrected chi connectivity index (χ1v) is 6.40. The van der Waals surface area contributed by atoms with Gasteiger partial charge >= 0.3 is 6.03 Å². The van der Waals surface area contributed by atoms with Gasteiger partial charge in [-0.05, 0) is 37.3 Å². The number of nitrogens with zero attached hydrogens (tertiary/aromatic N) is 1. The Bertz CT molecular complexity index is 360. The van der Waals surface area contributed by atoms with Gasteiger partial charge in [-0.25, -0.2) is 4.79 Å². The highest BCUT2D eigenvalue weighted by Crippen LogP contribution is 2.29. The fourth-order valence-electron chi connectivity index (χ4n) is 1.88. The minimum absolute atomic E-state index is 0.0324. The monoisotopic (exact) mass is 232 g/mol. The lowest BCUT2D eigenvalue weighted by atomic mass is 10.3. The first-order chi connectivity index (χ1) is 8.29. The topological polar surface area (TPSA) is 32.3 Å². The smallest absolute Gasteiger partial charge is 0.321 e. The second-order valence-corrected chi connectivity index (χ2v) is 4.69. The molecule has 92 valence electrons. The summed E-state index contributed by atoms with van der Waals surface area (Å²) in [5.41, 5.74) is 0.870. The number of anilines is 1. The summed E-state index contributed by atoms with van der Waals surface area (Å²) in [6, 6.07) is 9.67. The molecule has 0 heterocycles. The van der Waals surface area contributed by atoms with Gasteiger partial charge in [-0.3, -0.25) is 0 Å². The average molecular weight is 232 g/mol. The number of carbonyl (C=O) groups excluding carboxylic acids is 1. The van der Waals surface area contributed by atoms with E-state index in [4.69, 9.17) is 0 Å². The summed E-state index contributed by atoms with van der Waals surface area (Å²) in [7, 11) is 0. The molecule has 0 bridgehead atoms. The van der Waals surface area contributed by atoms with Gasteiger partial charge in [0.15, 0.2) is 0 Å². The number of amides is 2. The molecular formula is C14H20N2O. The number of urea groups is 1. The molecule has 0 aromatic heterocycles. The van der Waals surface area contributed by atoms with Crippen LogP contribution in [0.4, 0.5) is 10.5 Å². The highest BCUT2D eigenvalue weighted by molar-refractivity contribution is 5.89. The minimum Gasteiger partial charge on any atom is -0.324 e. The van der Waals surface area contributed by atoms with Crippen molar-refractivity contribution in [3.05, 3.63) is 30.3 Å². The van der Waals surface area contributed by atoms with E-state index in [1.54, 1.807) is 0 Å². The Labute approximate surface area is 103 Å². The van der Waals surface area contributed by atoms with Crippen molar-refractivity contribution >= 4 is 11.7 Å². The second kappa shape index (κ2) is 5.71. The molecule has 0 unspecified atom stereocenters. The van der Waals surface area contributed by atoms with Gasteiger partial charge in [0.25, 0.3) is 0 Å². The predicted molar refractivity (Wildman–Crippen MR) is 70.0 cm³/mol. The lowest BCUT2D eigenvalue weighted by molar-refractivity contribution is 0.209. The number of benzene rings is 1. The van der Waals surface area contributed by atoms with E-state index in [0.29, 0.717) is 0 Å². The van der Waals surface area contributed by atoms with E-state index in [-0.39, 0.29) is 6.03 Å². The first-order valence-electron chi connectivity index (χ1n) is 6.40. The third kappa shape index (κ3) is 3.77. The van der Waals surface area contributed by atoms with Crippen molar-refractivity contribution in [1.82, 2.24) is 4.90 Å². The van der Waals surface area contributed by atoms with E-state index in [9.17, 15) is 4.79 Å². The average Bonchev–Trinajstić information content (AvgIpc) is 3.14. The lowest BCUT2D eigenvalue weighted by Gasteiger charge is -2.22. The largest absolute Gasteiger partial charge is 0.324 e. The quantitative estimate of drug-likeness (QED) is 0.829. The van der Waals surface area contributed by atoms with E-state index in [2.05, 4.69) is 12.2 Å². The van der Waals surface area contributed by atoms with Gasteiger partial charge in [-0.1, -0.05) is 25.1 Å². The molecule has 0 saturated heterocycles. The van der Waals surface area contributed by atoms with Crippen molar-refractivity contribution in [2.24, 2.45) is 5.92 Å². The van der Waals surface area contributed by atoms with Crippen molar-refractivity contribution in [3.8, 4) is 0 Å². The molecule has 3 heteroatoms. The van der Waals surface area contributed by atoms with Gasteiger partial charge in [0.1, 0.15) is 0 Å². The van der Waals surface area contributed by atoms with E-state index < -0.39 is 0 Å². The Balaban J connectivity index is 1.90. The summed E-state index contributed by atoms with van der Waals surface area (Å²) >= 11 is 0. The molecule has 1 aliphatic carbocycles. The Morgan fingerprint density at radius 3 is 2.65 bits per heavy atom. The summed E-state index contributed by atoms with van der Waals surface area (Å²) in [6.45, 7) is 3.86. The molecule has 0 aliphatic heterocycles. The molecule has 1 saturated carbocycles. The number of nitrogens with one attached hydrogen (secondary N) is 1. The number of para-hydroxylation sites is 1. The van der Waals surface area contributed by atoms with Crippen molar-refractivity contribution < 1.29 is 4.79 Å². The van der Waals surface area contributed by atoms with Crippen LogP contribution >= 0.6 is 0 Å². The lowest BCUT2D eigenvalue weighted by Crippen LogP contribution is -2.37. The molecule has 1 N–H and O–H groups in total. The Hall–Kier alpha value is -1.51. The van der Waals surface area contributed by atoms with Crippen LogP contribution in [0.5, 0.6) is 0 Å². The van der Waals surface area contributed by atoms with Crippen LogP contribution in [0.25, 0.3) is 0 Å². The van der Waals surface area contributed by atoms with Crippen LogP contribution in [-0.4, -0.2) is 24.0 Å². The standard InChI is InChI=1S/C14H20N2O/c1-2-10-16(11-12-8-9-12)14(17)15-13-6-4-3-5-7-13/h3-7,12H,2,8-11H2,1H3,(H,15,17). The SMILES string of the molecule is CCCN(CC1CC1)C(=O)Nc1ccccc1. The Morgan fingerprint density at radius 2 is 2.06 bits per heavy atom. The summed E-state index contributed by atoms with van der Waals surface area (Å²) < 4.78 is 0. The van der Waals surface area contributed by atoms with Crippen LogP contribution in [0.2, 0.25) is 0 Å². The van der Waals surface area contributed by atoms with Crippen molar-refractivity contribution in [1.29, 1.82) is 0 Å². The van der Waals surface area contributed by atoms with E-state index in [0.717, 1.165) is 31.1 Å². The molecule has 1 aliphatic rings. The van der Waals surface area contributed by atoms with Crippen LogP contribution in [0.15, 0.2) is 30.3 Å². The highest BCUT2D eigenvalue weighted by Gasteiger charge is 2.26. The van der Waals surface area contributed by atoms with Crippen LogP contribution < -0.4 is 5.32 Å². The van der Waals surface area contributed by atoms with Gasteiger partial charge < -0.3 is 10.2 Å². The molecule has 2 amide bonds. The molecule has 0 radical (unpaired) electrons. The maximum Gasteiger partial charge on any atom is 0.321 e. The van der Waals surface area contributed by atoms with E-state index in [1.807, 2.05) is 35.2 Å². The minimum atomic E-state index is 0.0324. The third-order valence-electron chi connectivity index (χ3n) is 2.98. The third-order valence-corrected chi connectivity index (χ3v) is 2.98. The van der Waals surface area contributed by atoms with Crippen molar-refractivity contribution in [3.63, 3.8) is 0 Å². The summed E-state index contributed by atoms with van der Waals surface area (Å²) in [5.74, 6) is 0.739. The zero-order valence-electron chi connectivity index (χ0n) is 10.4. The molecule has 3 nitrogen and oxygen atoms in total. The van der Waals surface area contributed by atoms with E-state index in [1.165, 1.54) is 12.8 Å². The molecule has 1 aromatic rings. The Morgan fingerprint density at radius 1 is 1.35 bits per heavy atom. The van der Waals surface area contributed by atoms with Crippen LogP contribution in [0.1, 0.15) is 26.2 Å². The van der Waals surface area contributed by atoms with Crippen LogP contribution in [-0.2, 0) is 0 Å². The molecule has 17 heavy (non-hydrogen) atoms. The normalized spacial score (nSPS) is 14.4.